The van der Waals surface area contributed by atoms with Gasteiger partial charge >= 0.3 is 0 Å². The fraction of sp³-hybridized carbons (Fsp3) is 1.00. The molecule has 8 heteroatoms. The Morgan fingerprint density at radius 2 is 2.18 bits per heavy atom. The zero-order valence-electron chi connectivity index (χ0n) is 9.83. The second-order valence-corrected chi connectivity index (χ2v) is 5.81. The minimum Gasteiger partial charge on any atom is -0.395 e. The maximum Gasteiger partial charge on any atom is 0.296 e. The summed E-state index contributed by atoms with van der Waals surface area (Å²) in [5.74, 6) is 0. The van der Waals surface area contributed by atoms with E-state index in [1.165, 1.54) is 6.92 Å². The minimum atomic E-state index is -4.57. The van der Waals surface area contributed by atoms with Gasteiger partial charge in [0.15, 0.2) is 0 Å². The van der Waals surface area contributed by atoms with E-state index in [2.05, 4.69) is 5.32 Å². The Bertz CT molecular complexity index is 345. The molecule has 0 radical (unpaired) electrons. The van der Waals surface area contributed by atoms with Gasteiger partial charge in [-0.1, -0.05) is 6.92 Å². The highest BCUT2D eigenvalue weighted by atomic mass is 32.2. The second kappa shape index (κ2) is 5.59. The van der Waals surface area contributed by atoms with E-state index in [0.717, 1.165) is 0 Å². The average Bonchev–Trinajstić information content (AvgIpc) is 2.27. The highest BCUT2D eigenvalue weighted by Gasteiger charge is 2.49. The molecule has 17 heavy (non-hydrogen) atoms. The van der Waals surface area contributed by atoms with Crippen LogP contribution in [0.1, 0.15) is 13.3 Å². The summed E-state index contributed by atoms with van der Waals surface area (Å²) in [4.78, 5) is -0.524. The third-order valence-corrected chi connectivity index (χ3v) is 4.67. The van der Waals surface area contributed by atoms with Gasteiger partial charge in [-0.3, -0.25) is 9.45 Å². The summed E-state index contributed by atoms with van der Waals surface area (Å²) in [5, 5.41) is 22.1. The van der Waals surface area contributed by atoms with Crippen LogP contribution in [0.5, 0.6) is 0 Å². The Morgan fingerprint density at radius 1 is 1.53 bits per heavy atom. The molecule has 1 rings (SSSR count). The number of piperazine rings is 1. The first-order valence-electron chi connectivity index (χ1n) is 5.62. The van der Waals surface area contributed by atoms with Gasteiger partial charge in [0.05, 0.1) is 12.6 Å². The third kappa shape index (κ3) is 2.95. The molecule has 0 amide bonds. The summed E-state index contributed by atoms with van der Waals surface area (Å²) in [5.41, 5.74) is 0. The number of aliphatic hydroxyl groups excluding tert-OH is 1. The Labute approximate surface area is 101 Å². The third-order valence-electron chi connectivity index (χ3n) is 3.22. The highest BCUT2D eigenvalue weighted by molar-refractivity contribution is 7.87. The fourth-order valence-electron chi connectivity index (χ4n) is 2.18. The van der Waals surface area contributed by atoms with Crippen molar-refractivity contribution in [1.82, 2.24) is 10.2 Å². The van der Waals surface area contributed by atoms with Crippen LogP contribution in [0.25, 0.3) is 0 Å². The number of hydrogen-bond donors (Lipinski definition) is 4. The van der Waals surface area contributed by atoms with E-state index in [0.29, 0.717) is 13.1 Å². The van der Waals surface area contributed by atoms with Crippen LogP contribution < -0.4 is 5.32 Å². The lowest BCUT2D eigenvalue weighted by Gasteiger charge is -2.43. The molecule has 0 aromatic carbocycles. The molecule has 7 nitrogen and oxygen atoms in total. The Balaban J connectivity index is 2.99. The van der Waals surface area contributed by atoms with Gasteiger partial charge in [0, 0.05) is 26.2 Å². The van der Waals surface area contributed by atoms with Crippen LogP contribution in [0.15, 0.2) is 0 Å². The molecule has 4 N–H and O–H groups in total. The zero-order chi connectivity index (χ0) is 13.1. The number of nitrogens with one attached hydrogen (secondary N) is 1. The number of nitrogens with zero attached hydrogens (tertiary/aromatic N) is 1. The smallest absolute Gasteiger partial charge is 0.296 e. The van der Waals surface area contributed by atoms with Gasteiger partial charge in [0.2, 0.25) is 4.93 Å². The van der Waals surface area contributed by atoms with Gasteiger partial charge in [-0.05, 0) is 6.42 Å². The van der Waals surface area contributed by atoms with Crippen molar-refractivity contribution in [2.75, 3.05) is 32.8 Å². The van der Waals surface area contributed by atoms with Gasteiger partial charge in [-0.15, -0.1) is 0 Å². The molecule has 102 valence electrons. The number of β-amino-alcohol motifs (C(OH)–C–C–N with tert-alkyl or cyclic N) is 1. The molecule has 0 aromatic heterocycles. The molecule has 1 saturated heterocycles. The number of aliphatic hydroxyl groups is 2. The van der Waals surface area contributed by atoms with Crippen LogP contribution in [0.4, 0.5) is 0 Å². The molecule has 1 fully saturated rings. The Hall–Kier alpha value is -0.250. The lowest BCUT2D eigenvalue weighted by Crippen LogP contribution is -2.64. The van der Waals surface area contributed by atoms with Gasteiger partial charge in [-0.2, -0.15) is 8.42 Å². The quantitative estimate of drug-likeness (QED) is 0.437. The van der Waals surface area contributed by atoms with Gasteiger partial charge in [-0.25, -0.2) is 0 Å². The molecule has 1 aliphatic rings. The largest absolute Gasteiger partial charge is 0.395 e. The van der Waals surface area contributed by atoms with Crippen molar-refractivity contribution in [3.8, 4) is 0 Å². The van der Waals surface area contributed by atoms with Crippen molar-refractivity contribution in [2.24, 2.45) is 0 Å². The maximum atomic E-state index is 11.3. The first-order chi connectivity index (χ1) is 7.86. The normalized spacial score (nSPS) is 26.7. The standard InChI is InChI=1S/C9H20N2O5S/c1-2-9(13,17(14,15)16)8-7-10-3-4-11(8)5-6-12/h8,10,12-13H,2-7H2,1H3,(H,14,15,16). The lowest BCUT2D eigenvalue weighted by atomic mass is 10.0. The molecule has 0 aliphatic carbocycles. The molecule has 0 bridgehead atoms. The summed E-state index contributed by atoms with van der Waals surface area (Å²) in [7, 11) is -4.57. The van der Waals surface area contributed by atoms with E-state index in [1.807, 2.05) is 0 Å². The van der Waals surface area contributed by atoms with Crippen LogP contribution in [0.3, 0.4) is 0 Å². The molecule has 0 spiro atoms. The molecule has 2 atom stereocenters. The van der Waals surface area contributed by atoms with E-state index in [9.17, 15) is 18.1 Å². The summed E-state index contributed by atoms with van der Waals surface area (Å²) in [6, 6.07) is -0.761. The fourth-order valence-corrected chi connectivity index (χ4v) is 3.12. The van der Waals surface area contributed by atoms with Gasteiger partial charge in [0.25, 0.3) is 10.1 Å². The summed E-state index contributed by atoms with van der Waals surface area (Å²) in [6.07, 6.45) is -0.111. The van der Waals surface area contributed by atoms with Crippen LogP contribution in [-0.4, -0.2) is 71.8 Å². The Kier molecular flexibility index (Phi) is 4.87. The SMILES string of the molecule is CCC(O)(C1CNCCN1CCO)S(=O)(=O)O. The topological polar surface area (TPSA) is 110 Å². The van der Waals surface area contributed by atoms with Crippen molar-refractivity contribution in [2.45, 2.75) is 24.3 Å². The van der Waals surface area contributed by atoms with E-state index >= 15 is 0 Å². The first-order valence-corrected chi connectivity index (χ1v) is 7.06. The summed E-state index contributed by atoms with van der Waals surface area (Å²) in [6.45, 7) is 3.07. The average molecular weight is 268 g/mol. The molecule has 2 unspecified atom stereocenters. The van der Waals surface area contributed by atoms with Crippen LogP contribution in [0, 0.1) is 0 Å². The first kappa shape index (κ1) is 14.8. The van der Waals surface area contributed by atoms with E-state index in [4.69, 9.17) is 5.11 Å². The Morgan fingerprint density at radius 3 is 2.65 bits per heavy atom. The summed E-state index contributed by atoms with van der Waals surface area (Å²) < 4.78 is 31.8. The number of rotatable bonds is 5. The van der Waals surface area contributed by atoms with E-state index in [-0.39, 0.29) is 26.1 Å². The molecular weight excluding hydrogens is 248 g/mol. The second-order valence-electron chi connectivity index (χ2n) is 4.15. The van der Waals surface area contributed by atoms with E-state index in [1.54, 1.807) is 4.90 Å². The molecule has 0 saturated carbocycles. The minimum absolute atomic E-state index is 0.111. The highest BCUT2D eigenvalue weighted by Crippen LogP contribution is 2.26. The zero-order valence-corrected chi connectivity index (χ0v) is 10.7. The summed E-state index contributed by atoms with van der Waals surface area (Å²) >= 11 is 0. The molecule has 0 aromatic rings. The predicted octanol–water partition coefficient (Wildman–Crippen LogP) is -1.76. The van der Waals surface area contributed by atoms with Crippen molar-refractivity contribution < 1.29 is 23.2 Å². The lowest BCUT2D eigenvalue weighted by molar-refractivity contribution is -0.0105. The molecule has 1 heterocycles. The van der Waals surface area contributed by atoms with Crippen molar-refractivity contribution >= 4 is 10.1 Å². The molecular formula is C9H20N2O5S. The number of hydrogen-bond acceptors (Lipinski definition) is 6. The van der Waals surface area contributed by atoms with Crippen molar-refractivity contribution in [1.29, 1.82) is 0 Å². The molecule has 1 aliphatic heterocycles. The van der Waals surface area contributed by atoms with Crippen LogP contribution in [0.2, 0.25) is 0 Å². The van der Waals surface area contributed by atoms with Crippen molar-refractivity contribution in [3.63, 3.8) is 0 Å². The van der Waals surface area contributed by atoms with Gasteiger partial charge < -0.3 is 15.5 Å². The van der Waals surface area contributed by atoms with Crippen LogP contribution in [-0.2, 0) is 10.1 Å². The van der Waals surface area contributed by atoms with Crippen molar-refractivity contribution in [3.05, 3.63) is 0 Å². The monoisotopic (exact) mass is 268 g/mol. The predicted molar refractivity (Wildman–Crippen MR) is 62.1 cm³/mol. The van der Waals surface area contributed by atoms with Crippen LogP contribution >= 0.6 is 0 Å². The van der Waals surface area contributed by atoms with E-state index < -0.39 is 21.1 Å². The maximum absolute atomic E-state index is 11.3. The van der Waals surface area contributed by atoms with Gasteiger partial charge in [0.1, 0.15) is 0 Å².